The van der Waals surface area contributed by atoms with Gasteiger partial charge in [-0.05, 0) is 81.3 Å². The van der Waals surface area contributed by atoms with Crippen LogP contribution in [0.15, 0.2) is 83.8 Å². The van der Waals surface area contributed by atoms with Gasteiger partial charge in [-0.15, -0.1) is 0 Å². The normalized spacial score (nSPS) is 11.2. The first-order valence-electron chi connectivity index (χ1n) is 17.7. The fraction of sp³-hybridized carbons (Fsp3) is 0.263. The van der Waals surface area contributed by atoms with Crippen LogP contribution in [-0.2, 0) is 36.3 Å². The monoisotopic (exact) mass is 802 g/mol. The van der Waals surface area contributed by atoms with E-state index in [0.29, 0.717) is 60.1 Å². The summed E-state index contributed by atoms with van der Waals surface area (Å²) in [7, 11) is -1.42. The number of aliphatic carboxylic acids is 1. The third-order valence-electron chi connectivity index (χ3n) is 7.70. The van der Waals surface area contributed by atoms with Gasteiger partial charge in [0.2, 0.25) is 5.95 Å². The first kappa shape index (κ1) is 43.4. The molecule has 0 fully saturated rings. The van der Waals surface area contributed by atoms with Crippen molar-refractivity contribution in [2.75, 3.05) is 29.2 Å². The summed E-state index contributed by atoms with van der Waals surface area (Å²) in [6, 6.07) is 20.5. The van der Waals surface area contributed by atoms with Crippen molar-refractivity contribution in [1.82, 2.24) is 25.3 Å². The molecule has 2 heterocycles. The van der Waals surface area contributed by atoms with Crippen LogP contribution in [0.5, 0.6) is 0 Å². The number of benzene rings is 3. The fourth-order valence-electron chi connectivity index (χ4n) is 5.00. The highest BCUT2D eigenvalue weighted by molar-refractivity contribution is 7.41. The molecule has 0 aliphatic heterocycles. The molecular formula is C38H43N8O10P. The largest absolute Gasteiger partial charge is 0.483 e. The molecule has 0 radical (unpaired) electrons. The quantitative estimate of drug-likeness (QED) is 0.0383. The van der Waals surface area contributed by atoms with Crippen LogP contribution in [0.2, 0.25) is 0 Å². The molecule has 0 saturated heterocycles. The summed E-state index contributed by atoms with van der Waals surface area (Å²) in [5.41, 5.74) is 3.44. The molecule has 1 unspecified atom stereocenters. The third-order valence-corrected chi connectivity index (χ3v) is 8.98. The van der Waals surface area contributed by atoms with Crippen LogP contribution in [0.4, 0.5) is 23.0 Å². The molecule has 3 aromatic carbocycles. The number of nitrogens with one attached hydrogen (secondary N) is 5. The Morgan fingerprint density at radius 2 is 1.58 bits per heavy atom. The molecular weight excluding hydrogens is 759 g/mol. The van der Waals surface area contributed by atoms with Gasteiger partial charge in [-0.2, -0.15) is 4.98 Å². The molecule has 7 N–H and O–H groups in total. The first-order chi connectivity index (χ1) is 27.5. The van der Waals surface area contributed by atoms with Gasteiger partial charge < -0.3 is 45.1 Å². The molecule has 1 atom stereocenters. The minimum atomic E-state index is -1.42. The highest BCUT2D eigenvalue weighted by atomic mass is 31.2. The maximum Gasteiger partial charge on any atom is 0.332 e. The van der Waals surface area contributed by atoms with Crippen molar-refractivity contribution < 1.29 is 43.0 Å². The zero-order chi connectivity index (χ0) is 41.2. The number of carbonyl (C=O) groups is 4. The van der Waals surface area contributed by atoms with Gasteiger partial charge in [-0.3, -0.25) is 29.0 Å². The summed E-state index contributed by atoms with van der Waals surface area (Å²) in [6.45, 7) is 6.76. The second kappa shape index (κ2) is 22.3. The summed E-state index contributed by atoms with van der Waals surface area (Å²) in [6.07, 6.45) is 1.80. The lowest BCUT2D eigenvalue weighted by molar-refractivity contribution is -0.137. The summed E-state index contributed by atoms with van der Waals surface area (Å²) < 4.78 is 16.7. The molecule has 18 nitrogen and oxygen atoms in total. The number of anilines is 4. The molecule has 0 aliphatic rings. The summed E-state index contributed by atoms with van der Waals surface area (Å²) >= 11 is 0. The third kappa shape index (κ3) is 13.7. The van der Waals surface area contributed by atoms with Crippen LogP contribution in [0.25, 0.3) is 11.2 Å². The van der Waals surface area contributed by atoms with E-state index in [2.05, 4.69) is 41.2 Å². The van der Waals surface area contributed by atoms with Crippen LogP contribution in [0, 0.1) is 0 Å². The predicted octanol–water partition coefficient (Wildman–Crippen LogP) is 5.82. The Kier molecular flexibility index (Phi) is 17.0. The van der Waals surface area contributed by atoms with Gasteiger partial charge in [0.15, 0.2) is 11.2 Å². The summed E-state index contributed by atoms with van der Waals surface area (Å²) in [5.74, 6) is -1.51. The number of hydrogen-bond acceptors (Lipinski definition) is 13. The second-order valence-corrected chi connectivity index (χ2v) is 13.2. The van der Waals surface area contributed by atoms with Crippen LogP contribution >= 0.6 is 8.60 Å². The van der Waals surface area contributed by atoms with E-state index in [4.69, 9.17) is 28.6 Å². The van der Waals surface area contributed by atoms with E-state index >= 15 is 0 Å². The number of rotatable bonds is 19. The zero-order valence-electron chi connectivity index (χ0n) is 31.4. The van der Waals surface area contributed by atoms with Gasteiger partial charge in [0, 0.05) is 29.4 Å². The summed E-state index contributed by atoms with van der Waals surface area (Å²) in [5, 5.41) is 27.6. The lowest BCUT2D eigenvalue weighted by Gasteiger charge is -2.15. The van der Waals surface area contributed by atoms with Crippen molar-refractivity contribution >= 4 is 67.0 Å². The number of aromatic amines is 1. The second-order valence-electron chi connectivity index (χ2n) is 11.9. The standard InChI is InChI=1S/C37H41N8O8P.CH2O2/c1-4-51-54(52-5-2)53-22-24-11-15-27(16-12-24)42-35(49)29-8-6-7-9-30(29)43-37-44-33-32(36(50)45-37)41-28(21-39-33)20-38-26-17-13-25(14-18-26)34(48)40-23(3)10-19-31(46)47;2-1-3/h6-9,11-18,21,23,38H,4-5,10,19-20,22H2,1-3H3,(H,40,48)(H,42,49)(H,46,47)(H2,39,43,44,45,50);1H,(H,2,3). The average molecular weight is 803 g/mol. The Morgan fingerprint density at radius 1 is 0.912 bits per heavy atom. The minimum Gasteiger partial charge on any atom is -0.483 e. The van der Waals surface area contributed by atoms with Gasteiger partial charge in [0.25, 0.3) is 23.8 Å². The number of H-pyrrole nitrogens is 1. The van der Waals surface area contributed by atoms with Gasteiger partial charge >= 0.3 is 14.6 Å². The van der Waals surface area contributed by atoms with Crippen LogP contribution < -0.4 is 26.8 Å². The Labute approximate surface area is 328 Å². The zero-order valence-corrected chi connectivity index (χ0v) is 32.2. The van der Waals surface area contributed by atoms with E-state index in [1.165, 1.54) is 6.20 Å². The van der Waals surface area contributed by atoms with E-state index in [0.717, 1.165) is 5.56 Å². The molecule has 2 aromatic heterocycles. The number of amides is 2. The van der Waals surface area contributed by atoms with Crippen molar-refractivity contribution in [3.63, 3.8) is 0 Å². The van der Waals surface area contributed by atoms with Gasteiger partial charge in [-0.25, -0.2) is 9.97 Å². The molecule has 0 saturated carbocycles. The lowest BCUT2D eigenvalue weighted by atomic mass is 10.1. The topological polar surface area (TPSA) is 256 Å². The van der Waals surface area contributed by atoms with E-state index in [9.17, 15) is 19.2 Å². The molecule has 5 rings (SSSR count). The molecule has 0 bridgehead atoms. The number of para-hydroxylation sites is 1. The SMILES string of the molecule is CCOP(OCC)OCc1ccc(NC(=O)c2ccccc2Nc2nc3ncc(CNc4ccc(C(=O)NC(C)CCC(=O)O)cc4)nc3c(=O)[nH]2)cc1.O=CO. The van der Waals surface area contributed by atoms with Crippen molar-refractivity contribution in [2.24, 2.45) is 0 Å². The predicted molar refractivity (Wildman–Crippen MR) is 213 cm³/mol. The molecule has 0 aliphatic carbocycles. The summed E-state index contributed by atoms with van der Waals surface area (Å²) in [4.78, 5) is 73.9. The molecule has 0 spiro atoms. The van der Waals surface area contributed by atoms with E-state index in [-0.39, 0.29) is 54.4 Å². The van der Waals surface area contributed by atoms with Gasteiger partial charge in [0.05, 0.1) is 49.5 Å². The fourth-order valence-corrected chi connectivity index (χ4v) is 5.90. The van der Waals surface area contributed by atoms with Gasteiger partial charge in [-0.1, -0.05) is 24.3 Å². The highest BCUT2D eigenvalue weighted by Crippen LogP contribution is 2.40. The average Bonchev–Trinajstić information content (AvgIpc) is 3.20. The number of carbonyl (C=O) groups excluding carboxylic acids is 2. The Morgan fingerprint density at radius 3 is 2.25 bits per heavy atom. The number of carboxylic acids is 1. The molecule has 300 valence electrons. The molecule has 57 heavy (non-hydrogen) atoms. The molecule has 5 aromatic rings. The number of carboxylic acid groups (broad SMARTS) is 2. The smallest absolute Gasteiger partial charge is 0.332 e. The Balaban J connectivity index is 0.00000232. The van der Waals surface area contributed by atoms with Gasteiger partial charge in [0.1, 0.15) is 0 Å². The number of hydrogen-bond donors (Lipinski definition) is 7. The van der Waals surface area contributed by atoms with Crippen molar-refractivity contribution in [3.8, 4) is 0 Å². The van der Waals surface area contributed by atoms with Crippen molar-refractivity contribution in [1.29, 1.82) is 0 Å². The first-order valence-corrected chi connectivity index (χ1v) is 18.8. The number of fused-ring (bicyclic) bond motifs is 1. The number of nitrogens with zero attached hydrogens (tertiary/aromatic N) is 3. The van der Waals surface area contributed by atoms with E-state index in [1.807, 2.05) is 26.0 Å². The number of aromatic nitrogens is 4. The van der Waals surface area contributed by atoms with E-state index < -0.39 is 20.1 Å². The van der Waals surface area contributed by atoms with E-state index in [1.54, 1.807) is 67.6 Å². The highest BCUT2D eigenvalue weighted by Gasteiger charge is 2.16. The maximum atomic E-state index is 13.3. The Bertz CT molecular complexity index is 2160. The van der Waals surface area contributed by atoms with Crippen LogP contribution in [0.1, 0.15) is 65.6 Å². The molecule has 2 amide bonds. The maximum absolute atomic E-state index is 13.3. The van der Waals surface area contributed by atoms with Crippen molar-refractivity contribution in [3.05, 3.63) is 112 Å². The lowest BCUT2D eigenvalue weighted by Crippen LogP contribution is -2.32. The van der Waals surface area contributed by atoms with Crippen LogP contribution in [0.3, 0.4) is 0 Å². The van der Waals surface area contributed by atoms with Crippen molar-refractivity contribution in [2.45, 2.75) is 52.8 Å². The minimum absolute atomic E-state index is 0.0287. The van der Waals surface area contributed by atoms with Crippen LogP contribution in [-0.4, -0.2) is 73.7 Å². The molecule has 19 heteroatoms. The Hall–Kier alpha value is -6.33.